The van der Waals surface area contributed by atoms with Gasteiger partial charge in [0.2, 0.25) is 0 Å². The van der Waals surface area contributed by atoms with Crippen molar-refractivity contribution in [2.24, 2.45) is 0 Å². The van der Waals surface area contributed by atoms with E-state index in [-0.39, 0.29) is 12.0 Å². The number of nitrogens with zero attached hydrogens (tertiary/aromatic N) is 2. The maximum absolute atomic E-state index is 12.3. The van der Waals surface area contributed by atoms with Gasteiger partial charge < -0.3 is 14.1 Å². The van der Waals surface area contributed by atoms with E-state index in [0.29, 0.717) is 18.7 Å². The Morgan fingerprint density at radius 1 is 1.26 bits per heavy atom. The highest BCUT2D eigenvalue weighted by molar-refractivity contribution is 5.94. The molecule has 23 heavy (non-hydrogen) atoms. The summed E-state index contributed by atoms with van der Waals surface area (Å²) < 4.78 is 11.1. The van der Waals surface area contributed by atoms with Gasteiger partial charge in [-0.1, -0.05) is 18.2 Å². The molecule has 5 nitrogen and oxygen atoms in total. The van der Waals surface area contributed by atoms with Gasteiger partial charge in [-0.2, -0.15) is 0 Å². The first-order chi connectivity index (χ1) is 11.3. The Balaban J connectivity index is 1.49. The Kier molecular flexibility index (Phi) is 3.46. The number of para-hydroxylation sites is 1. The van der Waals surface area contributed by atoms with E-state index in [1.165, 1.54) is 12.5 Å². The van der Waals surface area contributed by atoms with Gasteiger partial charge in [-0.05, 0) is 18.2 Å². The van der Waals surface area contributed by atoms with E-state index in [1.807, 2.05) is 30.3 Å². The molecule has 0 aliphatic carbocycles. The van der Waals surface area contributed by atoms with Gasteiger partial charge in [0.1, 0.15) is 23.6 Å². The van der Waals surface area contributed by atoms with Gasteiger partial charge in [0.15, 0.2) is 0 Å². The number of likely N-dealkylation sites (tertiary alicyclic amines) is 1. The summed E-state index contributed by atoms with van der Waals surface area (Å²) in [7, 11) is 0. The molecule has 1 amide bonds. The van der Waals surface area contributed by atoms with Crippen LogP contribution in [0.5, 0.6) is 5.75 Å². The van der Waals surface area contributed by atoms with Gasteiger partial charge in [0, 0.05) is 24.5 Å². The second-order valence-electron chi connectivity index (χ2n) is 5.62. The molecule has 116 valence electrons. The normalized spacial score (nSPS) is 17.6. The Morgan fingerprint density at radius 3 is 3.04 bits per heavy atom. The van der Waals surface area contributed by atoms with E-state index in [1.54, 1.807) is 17.2 Å². The minimum atomic E-state index is -0.0153. The van der Waals surface area contributed by atoms with Gasteiger partial charge in [-0.15, -0.1) is 0 Å². The zero-order chi connectivity index (χ0) is 15.6. The predicted octanol–water partition coefficient (Wildman–Crippen LogP) is 3.12. The Hall–Kier alpha value is -2.82. The molecule has 2 aromatic heterocycles. The first-order valence-electron chi connectivity index (χ1n) is 7.63. The van der Waals surface area contributed by atoms with Gasteiger partial charge in [-0.25, -0.2) is 0 Å². The molecule has 4 rings (SSSR count). The summed E-state index contributed by atoms with van der Waals surface area (Å²) in [6, 6.07) is 11.5. The molecule has 0 saturated carbocycles. The number of benzene rings is 1. The second-order valence-corrected chi connectivity index (χ2v) is 5.62. The van der Waals surface area contributed by atoms with Crippen LogP contribution in [0.2, 0.25) is 0 Å². The third kappa shape index (κ3) is 2.65. The van der Waals surface area contributed by atoms with Crippen LogP contribution in [0, 0.1) is 0 Å². The smallest absolute Gasteiger partial charge is 0.257 e. The maximum atomic E-state index is 12.3. The minimum Gasteiger partial charge on any atom is -0.486 e. The molecule has 1 atom stereocenters. The van der Waals surface area contributed by atoms with E-state index in [2.05, 4.69) is 4.98 Å². The second kappa shape index (κ2) is 5.76. The summed E-state index contributed by atoms with van der Waals surface area (Å²) in [5.74, 6) is 0.756. The lowest BCUT2D eigenvalue weighted by Crippen LogP contribution is -2.30. The van der Waals surface area contributed by atoms with Crippen LogP contribution < -0.4 is 4.74 Å². The number of carbonyl (C=O) groups excluding carboxylic acids is 1. The summed E-state index contributed by atoms with van der Waals surface area (Å²) in [4.78, 5) is 18.5. The van der Waals surface area contributed by atoms with Crippen LogP contribution in [0.15, 0.2) is 59.5 Å². The number of furan rings is 1. The summed E-state index contributed by atoms with van der Waals surface area (Å²) in [6.45, 7) is 1.26. The van der Waals surface area contributed by atoms with Crippen molar-refractivity contribution in [1.82, 2.24) is 9.88 Å². The molecule has 0 N–H and O–H groups in total. The van der Waals surface area contributed by atoms with Crippen molar-refractivity contribution >= 4 is 16.8 Å². The fourth-order valence-electron chi connectivity index (χ4n) is 2.93. The van der Waals surface area contributed by atoms with Crippen LogP contribution in [-0.4, -0.2) is 35.0 Å². The number of pyridine rings is 1. The van der Waals surface area contributed by atoms with Crippen LogP contribution in [0.25, 0.3) is 10.9 Å². The van der Waals surface area contributed by atoms with Crippen LogP contribution in [0.4, 0.5) is 0 Å². The highest BCUT2D eigenvalue weighted by atomic mass is 16.5. The molecule has 0 radical (unpaired) electrons. The fraction of sp³-hybridized carbons (Fsp3) is 0.222. The van der Waals surface area contributed by atoms with Gasteiger partial charge in [0.25, 0.3) is 5.91 Å². The maximum Gasteiger partial charge on any atom is 0.257 e. The Morgan fingerprint density at radius 2 is 2.17 bits per heavy atom. The largest absolute Gasteiger partial charge is 0.486 e. The number of hydrogen-bond acceptors (Lipinski definition) is 4. The fourth-order valence-corrected chi connectivity index (χ4v) is 2.93. The third-order valence-corrected chi connectivity index (χ3v) is 4.09. The highest BCUT2D eigenvalue weighted by Crippen LogP contribution is 2.26. The first kappa shape index (κ1) is 13.8. The molecule has 1 aliphatic heterocycles. The Bertz CT molecular complexity index is 824. The monoisotopic (exact) mass is 308 g/mol. The molecule has 5 heteroatoms. The topological polar surface area (TPSA) is 55.6 Å². The number of ether oxygens (including phenoxy) is 1. The average molecular weight is 308 g/mol. The zero-order valence-electron chi connectivity index (χ0n) is 12.5. The minimum absolute atomic E-state index is 0.0131. The molecule has 1 aliphatic rings. The van der Waals surface area contributed by atoms with Crippen molar-refractivity contribution in [3.63, 3.8) is 0 Å². The van der Waals surface area contributed by atoms with Gasteiger partial charge >= 0.3 is 0 Å². The molecule has 1 saturated heterocycles. The summed E-state index contributed by atoms with van der Waals surface area (Å²) >= 11 is 0. The average Bonchev–Trinajstić information content (AvgIpc) is 3.27. The molecule has 0 bridgehead atoms. The molecule has 1 fully saturated rings. The van der Waals surface area contributed by atoms with Crippen LogP contribution in [0.3, 0.4) is 0 Å². The molecule has 0 unspecified atom stereocenters. The number of fused-ring (bicyclic) bond motifs is 1. The summed E-state index contributed by atoms with van der Waals surface area (Å²) in [5.41, 5.74) is 1.44. The van der Waals surface area contributed by atoms with E-state index < -0.39 is 0 Å². The molecule has 3 aromatic rings. The SMILES string of the molecule is O=C(c1ccoc1)N1CC[C@H](Oc2cccc3cccnc23)C1. The standard InChI is InChI=1S/C18H16N2O3/c21-18(14-7-10-22-12-14)20-9-6-15(11-20)23-16-5-1-3-13-4-2-8-19-17(13)16/h1-5,7-8,10,12,15H,6,9,11H2/t15-/m0/s1. The number of rotatable bonds is 3. The zero-order valence-corrected chi connectivity index (χ0v) is 12.5. The first-order valence-corrected chi connectivity index (χ1v) is 7.63. The van der Waals surface area contributed by atoms with Crippen molar-refractivity contribution < 1.29 is 13.9 Å². The Labute approximate surface area is 133 Å². The third-order valence-electron chi connectivity index (χ3n) is 4.09. The summed E-state index contributed by atoms with van der Waals surface area (Å²) in [5, 5.41) is 1.05. The van der Waals surface area contributed by atoms with E-state index in [9.17, 15) is 4.79 Å². The number of aromatic nitrogens is 1. The molecule has 0 spiro atoms. The van der Waals surface area contributed by atoms with Crippen molar-refractivity contribution in [2.75, 3.05) is 13.1 Å². The van der Waals surface area contributed by atoms with Crippen molar-refractivity contribution in [3.05, 3.63) is 60.7 Å². The van der Waals surface area contributed by atoms with Crippen molar-refractivity contribution in [2.45, 2.75) is 12.5 Å². The van der Waals surface area contributed by atoms with Crippen LogP contribution >= 0.6 is 0 Å². The van der Waals surface area contributed by atoms with E-state index in [0.717, 1.165) is 23.1 Å². The number of amides is 1. The predicted molar refractivity (Wildman–Crippen MR) is 85.4 cm³/mol. The number of hydrogen-bond donors (Lipinski definition) is 0. The van der Waals surface area contributed by atoms with E-state index in [4.69, 9.17) is 9.15 Å². The number of carbonyl (C=O) groups is 1. The quantitative estimate of drug-likeness (QED) is 0.746. The van der Waals surface area contributed by atoms with Crippen LogP contribution in [-0.2, 0) is 0 Å². The van der Waals surface area contributed by atoms with Crippen molar-refractivity contribution in [3.8, 4) is 5.75 Å². The molecule has 1 aromatic carbocycles. The van der Waals surface area contributed by atoms with Gasteiger partial charge in [0.05, 0.1) is 18.4 Å². The lowest BCUT2D eigenvalue weighted by Gasteiger charge is -2.17. The van der Waals surface area contributed by atoms with Crippen molar-refractivity contribution in [1.29, 1.82) is 0 Å². The van der Waals surface area contributed by atoms with Gasteiger partial charge in [-0.3, -0.25) is 9.78 Å². The van der Waals surface area contributed by atoms with Crippen LogP contribution in [0.1, 0.15) is 16.8 Å². The lowest BCUT2D eigenvalue weighted by molar-refractivity contribution is 0.0772. The molecular formula is C18H16N2O3. The highest BCUT2D eigenvalue weighted by Gasteiger charge is 2.29. The van der Waals surface area contributed by atoms with E-state index >= 15 is 0 Å². The molecular weight excluding hydrogens is 292 g/mol. The summed E-state index contributed by atoms with van der Waals surface area (Å²) in [6.07, 6.45) is 5.55. The molecule has 3 heterocycles. The lowest BCUT2D eigenvalue weighted by atomic mass is 10.2.